The van der Waals surface area contributed by atoms with Crippen molar-refractivity contribution in [2.45, 2.75) is 52.3 Å². The Balaban J connectivity index is 1.56. The summed E-state index contributed by atoms with van der Waals surface area (Å²) >= 11 is 0. The maximum absolute atomic E-state index is 14.8. The van der Waals surface area contributed by atoms with Crippen LogP contribution >= 0.6 is 0 Å². The second-order valence-corrected chi connectivity index (χ2v) is 10.1. The molecule has 1 saturated heterocycles. The second kappa shape index (κ2) is 10.2. The SMILES string of the molecule is COc1cc(Nc2ccc3ncc(N4C[C@@H](C)N(C(=O)OC(C)(C)C)[C@@H](C)C4)nc3n2)c(F)c(OC)c1. The number of carbonyl (C=O) groups is 1. The van der Waals surface area contributed by atoms with Crippen molar-refractivity contribution in [1.29, 1.82) is 0 Å². The number of carbonyl (C=O) groups excluding carboxylic acids is 1. The van der Waals surface area contributed by atoms with Crippen LogP contribution in [0.2, 0.25) is 0 Å². The van der Waals surface area contributed by atoms with E-state index in [0.29, 0.717) is 41.6 Å². The quantitative estimate of drug-likeness (QED) is 0.518. The van der Waals surface area contributed by atoms with Gasteiger partial charge in [-0.3, -0.25) is 4.90 Å². The number of hydrogen-bond donors (Lipinski definition) is 1. The number of rotatable bonds is 5. The zero-order valence-corrected chi connectivity index (χ0v) is 22.2. The standard InChI is InChI=1S/C26H33FN6O4/c1-15-13-32(14-16(2)33(15)25(34)37-26(3,4)5)22-12-28-18-8-9-21(30-24(18)31-22)29-19-10-17(35-6)11-20(36-7)23(19)27/h8-12,15-16H,13-14H2,1-7H3,(H,29,30,31)/t15-,16+. The number of pyridine rings is 1. The number of nitrogens with one attached hydrogen (secondary N) is 1. The number of anilines is 3. The molecule has 1 aromatic carbocycles. The molecule has 0 aliphatic carbocycles. The van der Waals surface area contributed by atoms with Crippen LogP contribution in [-0.2, 0) is 4.74 Å². The van der Waals surface area contributed by atoms with Gasteiger partial charge in [0, 0.05) is 25.2 Å². The summed E-state index contributed by atoms with van der Waals surface area (Å²) in [7, 11) is 2.89. The number of fused-ring (bicyclic) bond motifs is 1. The van der Waals surface area contributed by atoms with Crippen molar-refractivity contribution < 1.29 is 23.4 Å². The summed E-state index contributed by atoms with van der Waals surface area (Å²) in [5.41, 5.74) is 0.612. The molecule has 3 heterocycles. The van der Waals surface area contributed by atoms with E-state index in [1.165, 1.54) is 26.4 Å². The molecule has 0 unspecified atom stereocenters. The summed E-state index contributed by atoms with van der Waals surface area (Å²) in [5.74, 6) is 0.977. The van der Waals surface area contributed by atoms with Crippen molar-refractivity contribution in [3.05, 3.63) is 36.3 Å². The van der Waals surface area contributed by atoms with E-state index in [2.05, 4.69) is 20.2 Å². The average molecular weight is 513 g/mol. The molecule has 2 atom stereocenters. The molecule has 0 saturated carbocycles. The van der Waals surface area contributed by atoms with Crippen LogP contribution in [-0.4, -0.2) is 70.9 Å². The maximum atomic E-state index is 14.8. The lowest BCUT2D eigenvalue weighted by atomic mass is 10.1. The van der Waals surface area contributed by atoms with Crippen LogP contribution in [0, 0.1) is 5.82 Å². The molecule has 1 amide bonds. The van der Waals surface area contributed by atoms with Gasteiger partial charge >= 0.3 is 6.09 Å². The predicted molar refractivity (Wildman–Crippen MR) is 139 cm³/mol. The first kappa shape index (κ1) is 26.2. The van der Waals surface area contributed by atoms with Crippen molar-refractivity contribution in [2.75, 3.05) is 37.5 Å². The highest BCUT2D eigenvalue weighted by atomic mass is 19.1. The third-order valence-corrected chi connectivity index (χ3v) is 5.97. The number of hydrogen-bond acceptors (Lipinski definition) is 9. The van der Waals surface area contributed by atoms with Gasteiger partial charge in [0.15, 0.2) is 17.2 Å². The van der Waals surface area contributed by atoms with Gasteiger partial charge in [-0.2, -0.15) is 0 Å². The van der Waals surface area contributed by atoms with Crippen molar-refractivity contribution in [1.82, 2.24) is 19.9 Å². The maximum Gasteiger partial charge on any atom is 0.410 e. The van der Waals surface area contributed by atoms with E-state index in [9.17, 15) is 9.18 Å². The molecule has 4 rings (SSSR count). The van der Waals surface area contributed by atoms with E-state index in [4.69, 9.17) is 19.2 Å². The van der Waals surface area contributed by atoms with E-state index >= 15 is 0 Å². The molecule has 1 N–H and O–H groups in total. The smallest absolute Gasteiger partial charge is 0.410 e. The predicted octanol–water partition coefficient (Wildman–Crippen LogP) is 4.76. The van der Waals surface area contributed by atoms with Gasteiger partial charge in [0.05, 0.1) is 38.2 Å². The fraction of sp³-hybridized carbons (Fsp3) is 0.462. The minimum absolute atomic E-state index is 0.0541. The number of benzene rings is 1. The molecule has 3 aromatic rings. The average Bonchev–Trinajstić information content (AvgIpc) is 2.83. The zero-order valence-electron chi connectivity index (χ0n) is 22.2. The highest BCUT2D eigenvalue weighted by molar-refractivity contribution is 5.75. The molecular formula is C26H33FN6O4. The zero-order chi connectivity index (χ0) is 26.9. The molecular weight excluding hydrogens is 479 g/mol. The van der Waals surface area contributed by atoms with Crippen LogP contribution in [0.25, 0.3) is 11.2 Å². The number of piperazine rings is 1. The van der Waals surface area contributed by atoms with Gasteiger partial charge in [0.1, 0.15) is 28.5 Å². The van der Waals surface area contributed by atoms with E-state index in [0.717, 1.165) is 0 Å². The van der Waals surface area contributed by atoms with Gasteiger partial charge in [-0.1, -0.05) is 0 Å². The van der Waals surface area contributed by atoms with Crippen molar-refractivity contribution >= 4 is 34.6 Å². The van der Waals surface area contributed by atoms with Crippen LogP contribution in [0.1, 0.15) is 34.6 Å². The Labute approximate surface area is 215 Å². The normalized spacial score (nSPS) is 18.1. The van der Waals surface area contributed by atoms with Crippen LogP contribution in [0.15, 0.2) is 30.5 Å². The Kier molecular flexibility index (Phi) is 7.24. The lowest BCUT2D eigenvalue weighted by molar-refractivity contribution is 0.00560. The fourth-order valence-electron chi connectivity index (χ4n) is 4.36. The number of nitrogens with zero attached hydrogens (tertiary/aromatic N) is 5. The largest absolute Gasteiger partial charge is 0.497 e. The van der Waals surface area contributed by atoms with Crippen molar-refractivity contribution in [2.24, 2.45) is 0 Å². The van der Waals surface area contributed by atoms with Crippen molar-refractivity contribution in [3.8, 4) is 11.5 Å². The Morgan fingerprint density at radius 3 is 2.41 bits per heavy atom. The lowest BCUT2D eigenvalue weighted by Gasteiger charge is -2.44. The van der Waals surface area contributed by atoms with Gasteiger partial charge < -0.3 is 24.4 Å². The number of ether oxygens (including phenoxy) is 3. The van der Waals surface area contributed by atoms with E-state index in [1.807, 2.05) is 34.6 Å². The number of aromatic nitrogens is 3. The Hall–Kier alpha value is -3.89. The summed E-state index contributed by atoms with van der Waals surface area (Å²) in [6.07, 6.45) is 1.38. The van der Waals surface area contributed by atoms with Gasteiger partial charge in [-0.15, -0.1) is 0 Å². The van der Waals surface area contributed by atoms with Gasteiger partial charge in [0.2, 0.25) is 0 Å². The van der Waals surface area contributed by atoms with Gasteiger partial charge in [-0.05, 0) is 46.8 Å². The molecule has 198 valence electrons. The third-order valence-electron chi connectivity index (χ3n) is 5.97. The third kappa shape index (κ3) is 5.76. The molecule has 1 fully saturated rings. The van der Waals surface area contributed by atoms with Crippen molar-refractivity contribution in [3.63, 3.8) is 0 Å². The molecule has 11 heteroatoms. The molecule has 1 aliphatic heterocycles. The Morgan fingerprint density at radius 2 is 1.78 bits per heavy atom. The first-order valence-electron chi connectivity index (χ1n) is 12.1. The van der Waals surface area contributed by atoms with E-state index in [1.54, 1.807) is 23.2 Å². The summed E-state index contributed by atoms with van der Waals surface area (Å²) in [4.78, 5) is 30.4. The van der Waals surface area contributed by atoms with E-state index < -0.39 is 11.4 Å². The molecule has 2 aromatic heterocycles. The topological polar surface area (TPSA) is 102 Å². The summed E-state index contributed by atoms with van der Waals surface area (Å²) in [5, 5.41) is 2.98. The number of amides is 1. The van der Waals surface area contributed by atoms with Crippen LogP contribution in [0.5, 0.6) is 11.5 Å². The summed E-state index contributed by atoms with van der Waals surface area (Å²) < 4.78 is 30.7. The second-order valence-electron chi connectivity index (χ2n) is 10.1. The first-order chi connectivity index (χ1) is 17.5. The van der Waals surface area contributed by atoms with Gasteiger partial charge in [-0.25, -0.2) is 24.1 Å². The van der Waals surface area contributed by atoms with Crippen LogP contribution in [0.3, 0.4) is 0 Å². The number of methoxy groups -OCH3 is 2. The molecule has 0 spiro atoms. The Morgan fingerprint density at radius 1 is 1.08 bits per heavy atom. The monoisotopic (exact) mass is 512 g/mol. The Bertz CT molecular complexity index is 1290. The highest BCUT2D eigenvalue weighted by Crippen LogP contribution is 2.32. The van der Waals surface area contributed by atoms with Crippen LogP contribution < -0.4 is 19.7 Å². The molecule has 10 nitrogen and oxygen atoms in total. The minimum Gasteiger partial charge on any atom is -0.497 e. The minimum atomic E-state index is -0.562. The lowest BCUT2D eigenvalue weighted by Crippen LogP contribution is -2.59. The number of halogens is 1. The summed E-state index contributed by atoms with van der Waals surface area (Å²) in [6.45, 7) is 10.7. The van der Waals surface area contributed by atoms with Crippen LogP contribution in [0.4, 0.5) is 26.5 Å². The summed E-state index contributed by atoms with van der Waals surface area (Å²) in [6, 6.07) is 6.27. The van der Waals surface area contributed by atoms with Gasteiger partial charge in [0.25, 0.3) is 0 Å². The highest BCUT2D eigenvalue weighted by Gasteiger charge is 2.36. The van der Waals surface area contributed by atoms with E-state index in [-0.39, 0.29) is 29.6 Å². The molecule has 0 bridgehead atoms. The fourth-order valence-corrected chi connectivity index (χ4v) is 4.36. The molecule has 37 heavy (non-hydrogen) atoms. The molecule has 1 aliphatic rings. The molecule has 0 radical (unpaired) electrons. The first-order valence-corrected chi connectivity index (χ1v) is 12.1.